The van der Waals surface area contributed by atoms with Crippen LogP contribution in [0.5, 0.6) is 0 Å². The van der Waals surface area contributed by atoms with Gasteiger partial charge in [-0.25, -0.2) is 4.98 Å². The molecule has 3 saturated carbocycles. The van der Waals surface area contributed by atoms with Crippen LogP contribution in [0, 0.1) is 35.0 Å². The third-order valence-corrected chi connectivity index (χ3v) is 8.68. The van der Waals surface area contributed by atoms with E-state index in [0.717, 1.165) is 58.4 Å². The van der Waals surface area contributed by atoms with Crippen molar-refractivity contribution in [1.29, 1.82) is 0 Å². The van der Waals surface area contributed by atoms with Crippen molar-refractivity contribution < 1.29 is 14.7 Å². The summed E-state index contributed by atoms with van der Waals surface area (Å²) >= 11 is 3.30. The molecule has 2 bridgehead atoms. The second-order valence-corrected chi connectivity index (χ2v) is 10.2. The van der Waals surface area contributed by atoms with Crippen LogP contribution in [0.1, 0.15) is 25.7 Å². The number of nitrogens with one attached hydrogen (secondary N) is 2. The molecule has 178 valence electrons. The molecule has 7 nitrogen and oxygen atoms in total. The molecule has 2 unspecified atom stereocenters. The van der Waals surface area contributed by atoms with Crippen LogP contribution in [0.3, 0.4) is 0 Å². The number of carbonyl (C=O) groups is 2. The van der Waals surface area contributed by atoms with Crippen LogP contribution in [-0.4, -0.2) is 59.6 Å². The lowest BCUT2D eigenvalue weighted by atomic mass is 9.78. The van der Waals surface area contributed by atoms with Gasteiger partial charge in [0.15, 0.2) is 0 Å². The molecule has 10 heteroatoms. The predicted octanol–water partition coefficient (Wildman–Crippen LogP) is 3.28. The summed E-state index contributed by atoms with van der Waals surface area (Å²) in [6.07, 6.45) is 5.77. The number of rotatable bonds is 6. The number of hydrogen-bond acceptors (Lipinski definition) is 5. The van der Waals surface area contributed by atoms with E-state index in [2.05, 4.69) is 36.4 Å². The van der Waals surface area contributed by atoms with Crippen molar-refractivity contribution in [3.8, 4) is 0 Å². The molecule has 32 heavy (non-hydrogen) atoms. The Morgan fingerprint density at radius 3 is 2.50 bits per heavy atom. The zero-order chi connectivity index (χ0) is 20.9. The Kier molecular flexibility index (Phi) is 8.14. The van der Waals surface area contributed by atoms with E-state index in [0.29, 0.717) is 16.2 Å². The average Bonchev–Trinajstić information content (AvgIpc) is 3.28. The van der Waals surface area contributed by atoms with Gasteiger partial charge in [0.05, 0.1) is 23.7 Å². The zero-order valence-corrected chi connectivity index (χ0v) is 21.1. The molecule has 1 aliphatic heterocycles. The molecular weight excluding hydrogens is 519 g/mol. The van der Waals surface area contributed by atoms with Gasteiger partial charge in [0.2, 0.25) is 5.91 Å². The van der Waals surface area contributed by atoms with Crippen LogP contribution in [0.2, 0.25) is 0 Å². The number of nitrogens with zero attached hydrogens (tertiary/aromatic N) is 2. The van der Waals surface area contributed by atoms with E-state index in [-0.39, 0.29) is 48.0 Å². The minimum absolute atomic E-state index is 0. The minimum Gasteiger partial charge on any atom is -0.481 e. The highest BCUT2D eigenvalue weighted by atomic mass is 79.9. The first kappa shape index (κ1) is 25.7. The summed E-state index contributed by atoms with van der Waals surface area (Å²) in [5.41, 5.74) is 0.701. The molecule has 1 aromatic rings. The fourth-order valence-corrected chi connectivity index (χ4v) is 7.20. The molecule has 1 amide bonds. The van der Waals surface area contributed by atoms with Crippen molar-refractivity contribution in [1.82, 2.24) is 15.2 Å². The number of amides is 1. The van der Waals surface area contributed by atoms with Crippen LogP contribution >= 0.6 is 40.7 Å². The molecule has 2 heterocycles. The summed E-state index contributed by atoms with van der Waals surface area (Å²) in [5.74, 6) is -1.04. The quantitative estimate of drug-likeness (QED) is 0.471. The van der Waals surface area contributed by atoms with Crippen molar-refractivity contribution in [3.63, 3.8) is 0 Å². The number of piperazine rings is 1. The Bertz CT molecular complexity index is 839. The number of halogens is 3. The maximum Gasteiger partial charge on any atom is 0.307 e. The molecule has 1 spiro atoms. The first-order valence-corrected chi connectivity index (χ1v) is 11.9. The summed E-state index contributed by atoms with van der Waals surface area (Å²) in [5, 5.41) is 16.4. The largest absolute Gasteiger partial charge is 0.481 e. The molecule has 5 rings (SSSR count). The Labute approximate surface area is 209 Å². The van der Waals surface area contributed by atoms with Crippen molar-refractivity contribution >= 4 is 58.3 Å². The van der Waals surface area contributed by atoms with E-state index in [9.17, 15) is 14.7 Å². The normalized spacial score (nSPS) is 35.1. The van der Waals surface area contributed by atoms with Crippen molar-refractivity contribution in [2.24, 2.45) is 35.0 Å². The molecule has 1 saturated heterocycles. The van der Waals surface area contributed by atoms with Gasteiger partial charge in [0.1, 0.15) is 4.60 Å². The fourth-order valence-electron chi connectivity index (χ4n) is 6.97. The van der Waals surface area contributed by atoms with Gasteiger partial charge in [-0.15, -0.1) is 24.8 Å². The Morgan fingerprint density at radius 2 is 1.88 bits per heavy atom. The van der Waals surface area contributed by atoms with E-state index >= 15 is 0 Å². The van der Waals surface area contributed by atoms with Crippen LogP contribution in [-0.2, 0) is 9.59 Å². The first-order valence-electron chi connectivity index (χ1n) is 11.1. The van der Waals surface area contributed by atoms with Crippen LogP contribution in [0.15, 0.2) is 22.9 Å². The van der Waals surface area contributed by atoms with Gasteiger partial charge in [0, 0.05) is 26.2 Å². The molecule has 3 aliphatic carbocycles. The summed E-state index contributed by atoms with van der Waals surface area (Å²) < 4.78 is 0.702. The third-order valence-electron chi connectivity index (χ3n) is 8.21. The second-order valence-electron chi connectivity index (χ2n) is 9.43. The van der Waals surface area contributed by atoms with Crippen molar-refractivity contribution in [3.05, 3.63) is 22.9 Å². The number of anilines is 1. The fraction of sp³-hybridized carbons (Fsp3) is 0.682. The molecule has 0 aromatic carbocycles. The topological polar surface area (TPSA) is 94.6 Å². The van der Waals surface area contributed by atoms with E-state index in [1.165, 1.54) is 0 Å². The molecule has 4 aliphatic rings. The lowest BCUT2D eigenvalue weighted by Crippen LogP contribution is -2.43. The number of aliphatic carboxylic acids is 1. The molecule has 3 N–H and O–H groups in total. The molecule has 6 atom stereocenters. The maximum absolute atomic E-state index is 13.2. The maximum atomic E-state index is 13.2. The highest BCUT2D eigenvalue weighted by Crippen LogP contribution is 2.78. The van der Waals surface area contributed by atoms with E-state index in [1.54, 1.807) is 18.3 Å². The van der Waals surface area contributed by atoms with Gasteiger partial charge in [-0.3, -0.25) is 9.59 Å². The lowest BCUT2D eigenvalue weighted by molar-refractivity contribution is -0.148. The van der Waals surface area contributed by atoms with Crippen molar-refractivity contribution in [2.45, 2.75) is 25.7 Å². The molecule has 0 radical (unpaired) electrons. The highest BCUT2D eigenvalue weighted by Gasteiger charge is 2.75. The number of carbonyl (C=O) groups excluding carboxylic acids is 1. The Balaban J connectivity index is 0.00000144. The average molecular weight is 550 g/mol. The summed E-state index contributed by atoms with van der Waals surface area (Å²) in [6.45, 7) is 5.38. The monoisotopic (exact) mass is 548 g/mol. The van der Waals surface area contributed by atoms with Crippen LogP contribution in [0.25, 0.3) is 0 Å². The summed E-state index contributed by atoms with van der Waals surface area (Å²) in [4.78, 5) is 32.1. The first-order chi connectivity index (χ1) is 14.5. The van der Waals surface area contributed by atoms with E-state index in [4.69, 9.17) is 0 Å². The number of carboxylic acid groups (broad SMARTS) is 1. The van der Waals surface area contributed by atoms with Gasteiger partial charge in [0.25, 0.3) is 0 Å². The standard InChI is InChI=1S/C22H29BrN4O3.2ClH/c23-17-4-1-14(12-25-17)26-20(28)18-15-2-3-16(19(18)21(29)30)22(15)11-13(22)5-8-27-9-6-24-7-10-27;;/h1,4,12-13,15-16,18-19,24H,2-3,5-11H2,(H,26,28)(H,29,30);2*1H/t13?,15-,16+,18+,19+,22?;;/m0../s1. The third kappa shape index (κ3) is 4.41. The Morgan fingerprint density at radius 1 is 1.19 bits per heavy atom. The SMILES string of the molecule is Cl.Cl.O=C(O)[C@H]1[C@H](C(=O)Nc2ccc(Br)nc2)[C@@H]2CC[C@H]1C21CC1CCN1CCNCC1. The summed E-state index contributed by atoms with van der Waals surface area (Å²) in [7, 11) is 0. The zero-order valence-electron chi connectivity index (χ0n) is 17.8. The Hall–Kier alpha value is -0.930. The van der Waals surface area contributed by atoms with Gasteiger partial charge in [-0.05, 0) is 83.5 Å². The predicted molar refractivity (Wildman–Crippen MR) is 130 cm³/mol. The second kappa shape index (κ2) is 10.1. The number of hydrogen-bond donors (Lipinski definition) is 3. The smallest absolute Gasteiger partial charge is 0.307 e. The lowest BCUT2D eigenvalue weighted by Gasteiger charge is -2.27. The molecule has 1 aromatic heterocycles. The molecule has 4 fully saturated rings. The highest BCUT2D eigenvalue weighted by molar-refractivity contribution is 9.10. The van der Waals surface area contributed by atoms with Gasteiger partial charge >= 0.3 is 5.97 Å². The molecular formula is C22H31BrCl2N4O3. The van der Waals surface area contributed by atoms with Crippen LogP contribution < -0.4 is 10.6 Å². The minimum atomic E-state index is -0.802. The number of pyridine rings is 1. The van der Waals surface area contributed by atoms with Gasteiger partial charge in [-0.2, -0.15) is 0 Å². The van der Waals surface area contributed by atoms with Crippen LogP contribution in [0.4, 0.5) is 5.69 Å². The number of carboxylic acids is 1. The number of aromatic nitrogens is 1. The van der Waals surface area contributed by atoms with E-state index < -0.39 is 17.8 Å². The summed E-state index contributed by atoms with van der Waals surface area (Å²) in [6, 6.07) is 3.57. The van der Waals surface area contributed by atoms with E-state index in [1.807, 2.05) is 0 Å². The van der Waals surface area contributed by atoms with Gasteiger partial charge < -0.3 is 20.6 Å². The van der Waals surface area contributed by atoms with Crippen molar-refractivity contribution in [2.75, 3.05) is 38.0 Å². The van der Waals surface area contributed by atoms with Gasteiger partial charge in [-0.1, -0.05) is 0 Å².